The van der Waals surface area contributed by atoms with E-state index in [2.05, 4.69) is 9.79 Å². The number of rotatable bonds is 6. The lowest BCUT2D eigenvalue weighted by Gasteiger charge is -2.14. The van der Waals surface area contributed by atoms with Crippen molar-refractivity contribution in [2.75, 3.05) is 18.2 Å². The van der Waals surface area contributed by atoms with E-state index in [0.717, 1.165) is 4.68 Å². The number of ether oxygens (including phenoxy) is 1. The lowest BCUT2D eigenvalue weighted by Crippen LogP contribution is -2.36. The van der Waals surface area contributed by atoms with Crippen LogP contribution in [0.1, 0.15) is 5.56 Å². The Morgan fingerprint density at radius 3 is 2.18 bits per heavy atom. The van der Waals surface area contributed by atoms with Gasteiger partial charge in [0.25, 0.3) is 0 Å². The molecule has 33 heavy (non-hydrogen) atoms. The van der Waals surface area contributed by atoms with Gasteiger partial charge >= 0.3 is 16.8 Å². The molecule has 0 unspecified atom stereocenters. The van der Waals surface area contributed by atoms with E-state index in [1.165, 1.54) is 24.6 Å². The SMILES string of the molecule is COc1ccc(-[n+]2[nH]oc(=O)c2SCC(=O)Nc2c(F)c(F)c(C(F)(F)F)c(F)c2F)cc1. The third-order valence-electron chi connectivity index (χ3n) is 4.09. The van der Waals surface area contributed by atoms with Crippen LogP contribution in [0.4, 0.5) is 36.4 Å². The maximum atomic E-state index is 13.9. The molecule has 2 aromatic carbocycles. The number of aromatic amines is 1. The number of H-pyrrole nitrogens is 1. The number of hydrogen-bond donors (Lipinski definition) is 2. The second-order valence-electron chi connectivity index (χ2n) is 6.16. The number of carbonyl (C=O) groups excluding carboxylic acids is 1. The predicted octanol–water partition coefficient (Wildman–Crippen LogP) is 3.56. The molecule has 0 aliphatic rings. The van der Waals surface area contributed by atoms with Crippen molar-refractivity contribution in [1.82, 2.24) is 5.27 Å². The Labute approximate surface area is 183 Å². The molecule has 1 heterocycles. The summed E-state index contributed by atoms with van der Waals surface area (Å²) in [6, 6.07) is 6.14. The normalized spacial score (nSPS) is 11.5. The van der Waals surface area contributed by atoms with Crippen molar-refractivity contribution < 1.29 is 49.5 Å². The van der Waals surface area contributed by atoms with Crippen molar-refractivity contribution in [3.05, 3.63) is 63.5 Å². The summed E-state index contributed by atoms with van der Waals surface area (Å²) < 4.78 is 104. The van der Waals surface area contributed by atoms with Crippen molar-refractivity contribution >= 4 is 23.4 Å². The molecule has 0 fully saturated rings. The van der Waals surface area contributed by atoms with Gasteiger partial charge in [-0.05, 0) is 33.8 Å². The van der Waals surface area contributed by atoms with E-state index >= 15 is 0 Å². The van der Waals surface area contributed by atoms with Crippen LogP contribution in [-0.2, 0) is 11.0 Å². The fraction of sp³-hybridized carbons (Fsp3) is 0.167. The first-order valence-electron chi connectivity index (χ1n) is 8.59. The second kappa shape index (κ2) is 9.17. The highest BCUT2D eigenvalue weighted by molar-refractivity contribution is 7.99. The van der Waals surface area contributed by atoms with Gasteiger partial charge in [-0.25, -0.2) is 22.4 Å². The van der Waals surface area contributed by atoms with E-state index in [9.17, 15) is 40.3 Å². The van der Waals surface area contributed by atoms with Gasteiger partial charge in [-0.15, -0.1) is 0 Å². The van der Waals surface area contributed by atoms with E-state index in [1.54, 1.807) is 12.1 Å². The van der Waals surface area contributed by atoms with Crippen LogP contribution in [0.2, 0.25) is 0 Å². The second-order valence-corrected chi connectivity index (χ2v) is 7.12. The molecule has 0 saturated carbocycles. The fourth-order valence-corrected chi connectivity index (χ4v) is 3.36. The van der Waals surface area contributed by atoms with Crippen LogP contribution < -0.4 is 20.4 Å². The summed E-state index contributed by atoms with van der Waals surface area (Å²) >= 11 is 0.510. The summed E-state index contributed by atoms with van der Waals surface area (Å²) in [5.74, 6) is -11.8. The summed E-state index contributed by atoms with van der Waals surface area (Å²) in [5, 5.41) is 3.54. The number of nitrogens with one attached hydrogen (secondary N) is 2. The molecule has 0 bridgehead atoms. The van der Waals surface area contributed by atoms with Crippen LogP contribution in [-0.4, -0.2) is 24.0 Å². The molecule has 1 aromatic heterocycles. The summed E-state index contributed by atoms with van der Waals surface area (Å²) in [6.07, 6.45) is -5.72. The van der Waals surface area contributed by atoms with Gasteiger partial charge in [0.1, 0.15) is 17.0 Å². The molecular weight excluding hydrogens is 487 g/mol. The number of nitrogens with zero attached hydrogens (tertiary/aromatic N) is 1. The van der Waals surface area contributed by atoms with Gasteiger partial charge in [0.2, 0.25) is 11.6 Å². The molecule has 0 saturated heterocycles. The number of benzene rings is 2. The molecule has 3 aromatic rings. The van der Waals surface area contributed by atoms with Gasteiger partial charge in [-0.1, -0.05) is 0 Å². The Morgan fingerprint density at radius 1 is 1.09 bits per heavy atom. The molecule has 176 valence electrons. The van der Waals surface area contributed by atoms with Crippen molar-refractivity contribution in [2.24, 2.45) is 0 Å². The van der Waals surface area contributed by atoms with Gasteiger partial charge in [-0.3, -0.25) is 9.32 Å². The van der Waals surface area contributed by atoms with Crippen molar-refractivity contribution in [2.45, 2.75) is 11.2 Å². The highest BCUT2D eigenvalue weighted by atomic mass is 32.2. The Morgan fingerprint density at radius 2 is 1.67 bits per heavy atom. The van der Waals surface area contributed by atoms with Crippen LogP contribution in [0.5, 0.6) is 5.75 Å². The first-order valence-corrected chi connectivity index (χ1v) is 9.58. The van der Waals surface area contributed by atoms with E-state index in [-0.39, 0.29) is 5.03 Å². The smallest absolute Gasteiger partial charge is 0.442 e. The van der Waals surface area contributed by atoms with Gasteiger partial charge in [0.05, 0.1) is 12.9 Å². The lowest BCUT2D eigenvalue weighted by molar-refractivity contribution is -0.704. The Hall–Kier alpha value is -3.49. The summed E-state index contributed by atoms with van der Waals surface area (Å²) in [4.78, 5) is 24.0. The van der Waals surface area contributed by atoms with Crippen LogP contribution in [0.3, 0.4) is 0 Å². The quantitative estimate of drug-likeness (QED) is 0.235. The molecule has 0 atom stereocenters. The van der Waals surface area contributed by atoms with Gasteiger partial charge < -0.3 is 10.1 Å². The third-order valence-corrected chi connectivity index (χ3v) is 5.12. The minimum atomic E-state index is -5.72. The predicted molar refractivity (Wildman–Crippen MR) is 98.0 cm³/mol. The molecule has 0 spiro atoms. The van der Waals surface area contributed by atoms with Gasteiger partial charge in [0.15, 0.2) is 23.3 Å². The molecule has 7 nitrogen and oxygen atoms in total. The van der Waals surface area contributed by atoms with Crippen LogP contribution in [0.25, 0.3) is 5.69 Å². The zero-order chi connectivity index (χ0) is 24.5. The summed E-state index contributed by atoms with van der Waals surface area (Å²) in [7, 11) is 1.43. The number of anilines is 1. The van der Waals surface area contributed by atoms with Gasteiger partial charge in [0, 0.05) is 12.1 Å². The maximum absolute atomic E-state index is 13.9. The molecule has 0 aliphatic heterocycles. The third kappa shape index (κ3) is 4.81. The number of alkyl halides is 3. The Balaban J connectivity index is 1.81. The molecule has 2 N–H and O–H groups in total. The number of carbonyl (C=O) groups is 1. The number of halogens is 7. The molecule has 3 rings (SSSR count). The molecular formula is C18H11F7N3O4S+. The number of hydrogen-bond acceptors (Lipinski definition) is 5. The average molecular weight is 498 g/mol. The highest BCUT2D eigenvalue weighted by Crippen LogP contribution is 2.38. The molecule has 0 aliphatic carbocycles. The largest absolute Gasteiger partial charge is 0.497 e. The van der Waals surface area contributed by atoms with Crippen molar-refractivity contribution in [3.8, 4) is 11.4 Å². The first kappa shape index (κ1) is 24.2. The topological polar surface area (TPSA) is 88.2 Å². The number of aromatic nitrogens is 2. The van der Waals surface area contributed by atoms with Crippen LogP contribution in [0, 0.1) is 23.3 Å². The lowest BCUT2D eigenvalue weighted by atomic mass is 10.1. The standard InChI is InChI=1S/C18H10F7N3O4S/c1-31-8-4-2-7(3-5-8)28-16(17(30)32-27-28)33-6-9(29)26-15-13(21)11(19)10(18(23,24)25)12(20)14(15)22/h2-5H,6H2,1H3,(H-,26,27,29,30)/p+1. The molecule has 0 radical (unpaired) electrons. The molecule has 1 amide bonds. The molecule has 15 heteroatoms. The van der Waals surface area contributed by atoms with Gasteiger partial charge in [-0.2, -0.15) is 13.2 Å². The number of thioether (sulfide) groups is 1. The zero-order valence-corrected chi connectivity index (χ0v) is 17.0. The van der Waals surface area contributed by atoms with E-state index < -0.39 is 58.0 Å². The minimum absolute atomic E-state index is 0.193. The van der Waals surface area contributed by atoms with E-state index in [0.29, 0.717) is 23.2 Å². The highest BCUT2D eigenvalue weighted by Gasteiger charge is 2.42. The summed E-state index contributed by atoms with van der Waals surface area (Å²) in [5.41, 5.74) is -5.07. The van der Waals surface area contributed by atoms with Crippen molar-refractivity contribution in [1.29, 1.82) is 0 Å². The van der Waals surface area contributed by atoms with E-state index in [4.69, 9.17) is 4.74 Å². The minimum Gasteiger partial charge on any atom is -0.497 e. The first-order chi connectivity index (χ1) is 15.5. The zero-order valence-electron chi connectivity index (χ0n) is 16.2. The number of methoxy groups -OCH3 is 1. The fourth-order valence-electron chi connectivity index (χ4n) is 2.59. The van der Waals surface area contributed by atoms with Crippen LogP contribution in [0.15, 0.2) is 38.6 Å². The Bertz CT molecular complexity index is 1230. The number of amides is 1. The van der Waals surface area contributed by atoms with Crippen molar-refractivity contribution in [3.63, 3.8) is 0 Å². The van der Waals surface area contributed by atoms with Crippen LogP contribution >= 0.6 is 11.8 Å². The summed E-state index contributed by atoms with van der Waals surface area (Å²) in [6.45, 7) is 0. The average Bonchev–Trinajstić information content (AvgIpc) is 3.13. The Kier molecular flexibility index (Phi) is 6.71. The maximum Gasteiger partial charge on any atom is 0.442 e. The van der Waals surface area contributed by atoms with E-state index in [1.807, 2.05) is 0 Å². The monoisotopic (exact) mass is 498 g/mol.